The number of amides is 1. The second kappa shape index (κ2) is 6.66. The Labute approximate surface area is 105 Å². The second-order valence-electron chi connectivity index (χ2n) is 3.66. The lowest BCUT2D eigenvalue weighted by molar-refractivity contribution is 0.0952. The molecule has 16 heavy (non-hydrogen) atoms. The van der Waals surface area contributed by atoms with Crippen molar-refractivity contribution in [1.82, 2.24) is 5.32 Å². The van der Waals surface area contributed by atoms with Gasteiger partial charge in [0.15, 0.2) is 0 Å². The molecule has 0 heterocycles. The molecule has 0 aliphatic heterocycles. The fourth-order valence-electron chi connectivity index (χ4n) is 1.42. The average molecular weight is 285 g/mol. The van der Waals surface area contributed by atoms with Gasteiger partial charge in [0, 0.05) is 16.6 Å². The molecule has 0 aliphatic carbocycles. The monoisotopic (exact) mass is 284 g/mol. The Hall–Kier alpha value is -0.870. The summed E-state index contributed by atoms with van der Waals surface area (Å²) in [4.78, 5) is 11.8. The number of nitrogens with one attached hydrogen (secondary N) is 1. The van der Waals surface area contributed by atoms with Crippen molar-refractivity contribution < 1.29 is 4.79 Å². The Bertz CT molecular complexity index is 366. The topological polar surface area (TPSA) is 55.1 Å². The molecule has 0 radical (unpaired) electrons. The van der Waals surface area contributed by atoms with Gasteiger partial charge in [-0.15, -0.1) is 0 Å². The molecule has 1 amide bonds. The van der Waals surface area contributed by atoms with Gasteiger partial charge in [0.05, 0.1) is 0 Å². The number of rotatable bonds is 5. The summed E-state index contributed by atoms with van der Waals surface area (Å²) in [6.45, 7) is 3.28. The van der Waals surface area contributed by atoms with E-state index in [1.807, 2.05) is 25.1 Å². The van der Waals surface area contributed by atoms with Gasteiger partial charge in [0.25, 0.3) is 5.91 Å². The Morgan fingerprint density at radius 1 is 1.44 bits per heavy atom. The largest absolute Gasteiger partial charge is 0.352 e. The summed E-state index contributed by atoms with van der Waals surface area (Å²) in [7, 11) is 0. The van der Waals surface area contributed by atoms with Crippen LogP contribution < -0.4 is 11.1 Å². The lowest BCUT2D eigenvalue weighted by atomic mass is 10.1. The standard InChI is InChI=1S/C12H17BrN2O/c1-9-10(5-4-6-11(9)13)12(16)15-8-3-2-7-14/h4-6H,2-3,7-8,14H2,1H3,(H,15,16). The molecular formula is C12H17BrN2O. The van der Waals surface area contributed by atoms with Gasteiger partial charge in [-0.2, -0.15) is 0 Å². The van der Waals surface area contributed by atoms with Gasteiger partial charge in [0.1, 0.15) is 0 Å². The van der Waals surface area contributed by atoms with E-state index in [9.17, 15) is 4.79 Å². The van der Waals surface area contributed by atoms with Crippen LogP contribution in [0.4, 0.5) is 0 Å². The summed E-state index contributed by atoms with van der Waals surface area (Å²) in [6, 6.07) is 5.63. The number of carbonyl (C=O) groups is 1. The zero-order valence-corrected chi connectivity index (χ0v) is 11.0. The normalized spacial score (nSPS) is 10.2. The van der Waals surface area contributed by atoms with E-state index in [0.717, 1.165) is 28.4 Å². The average Bonchev–Trinajstić information content (AvgIpc) is 2.28. The fourth-order valence-corrected chi connectivity index (χ4v) is 1.79. The van der Waals surface area contributed by atoms with Crippen molar-refractivity contribution in [1.29, 1.82) is 0 Å². The molecule has 1 aromatic rings. The number of carbonyl (C=O) groups excluding carboxylic acids is 1. The molecule has 0 atom stereocenters. The van der Waals surface area contributed by atoms with E-state index in [1.54, 1.807) is 0 Å². The van der Waals surface area contributed by atoms with Crippen LogP contribution in [0.5, 0.6) is 0 Å². The van der Waals surface area contributed by atoms with Crippen LogP contribution in [0.2, 0.25) is 0 Å². The highest BCUT2D eigenvalue weighted by Gasteiger charge is 2.09. The van der Waals surface area contributed by atoms with E-state index in [-0.39, 0.29) is 5.91 Å². The van der Waals surface area contributed by atoms with Crippen LogP contribution in [0.3, 0.4) is 0 Å². The zero-order chi connectivity index (χ0) is 12.0. The molecule has 3 N–H and O–H groups in total. The molecular weight excluding hydrogens is 268 g/mol. The minimum Gasteiger partial charge on any atom is -0.352 e. The van der Waals surface area contributed by atoms with Crippen molar-refractivity contribution in [2.45, 2.75) is 19.8 Å². The number of hydrogen-bond donors (Lipinski definition) is 2. The molecule has 1 rings (SSSR count). The lowest BCUT2D eigenvalue weighted by Gasteiger charge is -2.08. The van der Waals surface area contributed by atoms with E-state index in [4.69, 9.17) is 5.73 Å². The van der Waals surface area contributed by atoms with E-state index < -0.39 is 0 Å². The number of nitrogens with two attached hydrogens (primary N) is 1. The van der Waals surface area contributed by atoms with Crippen molar-refractivity contribution >= 4 is 21.8 Å². The van der Waals surface area contributed by atoms with Gasteiger partial charge >= 0.3 is 0 Å². The maximum absolute atomic E-state index is 11.8. The highest BCUT2D eigenvalue weighted by atomic mass is 79.9. The SMILES string of the molecule is Cc1c(Br)cccc1C(=O)NCCCCN. The summed E-state index contributed by atoms with van der Waals surface area (Å²) >= 11 is 3.41. The van der Waals surface area contributed by atoms with Crippen molar-refractivity contribution in [2.24, 2.45) is 5.73 Å². The van der Waals surface area contributed by atoms with Crippen LogP contribution in [-0.4, -0.2) is 19.0 Å². The summed E-state index contributed by atoms with van der Waals surface area (Å²) < 4.78 is 0.960. The second-order valence-corrected chi connectivity index (χ2v) is 4.52. The molecule has 3 nitrogen and oxygen atoms in total. The third-order valence-electron chi connectivity index (χ3n) is 2.43. The molecule has 0 unspecified atom stereocenters. The summed E-state index contributed by atoms with van der Waals surface area (Å²) in [5, 5.41) is 2.89. The Kier molecular flexibility index (Phi) is 5.49. The number of hydrogen-bond acceptors (Lipinski definition) is 2. The first-order valence-corrected chi connectivity index (χ1v) is 6.19. The Morgan fingerprint density at radius 2 is 2.19 bits per heavy atom. The van der Waals surface area contributed by atoms with Crippen molar-refractivity contribution in [2.75, 3.05) is 13.1 Å². The molecule has 0 aliphatic rings. The molecule has 0 spiro atoms. The fraction of sp³-hybridized carbons (Fsp3) is 0.417. The molecule has 0 fully saturated rings. The highest BCUT2D eigenvalue weighted by Crippen LogP contribution is 2.19. The first-order chi connectivity index (χ1) is 7.66. The molecule has 88 valence electrons. The number of benzene rings is 1. The van der Waals surface area contributed by atoms with Gasteiger partial charge in [0.2, 0.25) is 0 Å². The summed E-state index contributed by atoms with van der Waals surface area (Å²) in [5.74, 6) is -0.0178. The van der Waals surface area contributed by atoms with Crippen LogP contribution in [0, 0.1) is 6.92 Å². The smallest absolute Gasteiger partial charge is 0.251 e. The third-order valence-corrected chi connectivity index (χ3v) is 3.29. The molecule has 4 heteroatoms. The molecule has 0 saturated heterocycles. The van der Waals surface area contributed by atoms with Gasteiger partial charge in [-0.25, -0.2) is 0 Å². The molecule has 1 aromatic carbocycles. The van der Waals surface area contributed by atoms with Crippen LogP contribution in [-0.2, 0) is 0 Å². The summed E-state index contributed by atoms with van der Waals surface area (Å²) in [6.07, 6.45) is 1.87. The van der Waals surface area contributed by atoms with Crippen molar-refractivity contribution in [3.8, 4) is 0 Å². The van der Waals surface area contributed by atoms with Crippen LogP contribution in [0.25, 0.3) is 0 Å². The predicted molar refractivity (Wildman–Crippen MR) is 69.5 cm³/mol. The minimum absolute atomic E-state index is 0.0178. The molecule has 0 aromatic heterocycles. The van der Waals surface area contributed by atoms with Crippen LogP contribution in [0.15, 0.2) is 22.7 Å². The predicted octanol–water partition coefficient (Wildman–Crippen LogP) is 2.23. The zero-order valence-electron chi connectivity index (χ0n) is 9.42. The van der Waals surface area contributed by atoms with E-state index in [1.165, 1.54) is 0 Å². The number of unbranched alkanes of at least 4 members (excludes halogenated alkanes) is 1. The highest BCUT2D eigenvalue weighted by molar-refractivity contribution is 9.10. The lowest BCUT2D eigenvalue weighted by Crippen LogP contribution is -2.25. The summed E-state index contributed by atoms with van der Waals surface area (Å²) in [5.41, 5.74) is 7.08. The maximum atomic E-state index is 11.8. The Balaban J connectivity index is 2.56. The van der Waals surface area contributed by atoms with Gasteiger partial charge in [-0.1, -0.05) is 22.0 Å². The maximum Gasteiger partial charge on any atom is 0.251 e. The van der Waals surface area contributed by atoms with Crippen molar-refractivity contribution in [3.05, 3.63) is 33.8 Å². The van der Waals surface area contributed by atoms with Gasteiger partial charge in [-0.05, 0) is 44.0 Å². The minimum atomic E-state index is -0.0178. The van der Waals surface area contributed by atoms with Gasteiger partial charge < -0.3 is 11.1 Å². The van der Waals surface area contributed by atoms with E-state index >= 15 is 0 Å². The van der Waals surface area contributed by atoms with Gasteiger partial charge in [-0.3, -0.25) is 4.79 Å². The van der Waals surface area contributed by atoms with Crippen molar-refractivity contribution in [3.63, 3.8) is 0 Å². The van der Waals surface area contributed by atoms with Crippen LogP contribution >= 0.6 is 15.9 Å². The molecule has 0 saturated carbocycles. The van der Waals surface area contributed by atoms with E-state index in [0.29, 0.717) is 13.1 Å². The Morgan fingerprint density at radius 3 is 2.88 bits per heavy atom. The van der Waals surface area contributed by atoms with Crippen LogP contribution in [0.1, 0.15) is 28.8 Å². The third kappa shape index (κ3) is 3.61. The molecule has 0 bridgehead atoms. The first-order valence-electron chi connectivity index (χ1n) is 5.40. The number of halogens is 1. The first kappa shape index (κ1) is 13.2. The van der Waals surface area contributed by atoms with E-state index in [2.05, 4.69) is 21.2 Å². The quantitative estimate of drug-likeness (QED) is 0.815.